The van der Waals surface area contributed by atoms with Crippen LogP contribution in [-0.4, -0.2) is 16.8 Å². The van der Waals surface area contributed by atoms with E-state index >= 15 is 0 Å². The lowest BCUT2D eigenvalue weighted by atomic mass is 10.0. The molecule has 2 heterocycles. The molecule has 2 aromatic rings. The van der Waals surface area contributed by atoms with Crippen LogP contribution in [0.15, 0.2) is 47.1 Å². The summed E-state index contributed by atoms with van der Waals surface area (Å²) in [6.07, 6.45) is 6.00. The first kappa shape index (κ1) is 12.5. The van der Waals surface area contributed by atoms with Gasteiger partial charge in [-0.15, -0.1) is 0 Å². The summed E-state index contributed by atoms with van der Waals surface area (Å²) in [5.74, 6) is 0.905. The molecule has 0 saturated heterocycles. The Morgan fingerprint density at radius 2 is 1.90 bits per heavy atom. The zero-order valence-corrected chi connectivity index (χ0v) is 11.8. The Morgan fingerprint density at radius 1 is 1.10 bits per heavy atom. The fourth-order valence-corrected chi connectivity index (χ4v) is 3.48. The Kier molecular flexibility index (Phi) is 2.95. The van der Waals surface area contributed by atoms with Crippen molar-refractivity contribution in [2.24, 2.45) is 0 Å². The molecule has 0 spiro atoms. The highest BCUT2D eigenvalue weighted by molar-refractivity contribution is 6.01. The Hall–Kier alpha value is -2.23. The van der Waals surface area contributed by atoms with Crippen molar-refractivity contribution in [2.45, 2.75) is 37.9 Å². The number of amides is 1. The Balaban J connectivity index is 1.78. The number of furan rings is 1. The standard InChI is InChI=1S/C17H18N2O2/c20-17-13-8-3-4-9-14(13)18-16(15-10-5-11-21-15)19(17)12-6-1-2-7-12/h3-5,8-12,16,18H,1-2,6-7H2/t16-/m1/s1. The van der Waals surface area contributed by atoms with Crippen LogP contribution in [0.4, 0.5) is 5.69 Å². The second-order valence-corrected chi connectivity index (χ2v) is 5.76. The lowest BCUT2D eigenvalue weighted by Crippen LogP contribution is -2.47. The van der Waals surface area contributed by atoms with E-state index in [1.165, 1.54) is 12.8 Å². The van der Waals surface area contributed by atoms with Crippen molar-refractivity contribution >= 4 is 11.6 Å². The lowest BCUT2D eigenvalue weighted by molar-refractivity contribution is 0.0558. The normalized spacial score (nSPS) is 22.2. The molecule has 4 heteroatoms. The number of carbonyl (C=O) groups excluding carboxylic acids is 1. The van der Waals surface area contributed by atoms with Gasteiger partial charge in [0.1, 0.15) is 5.76 Å². The SMILES string of the molecule is O=C1c2ccccc2N[C@@H](c2ccco2)N1C1CCCC1. The molecule has 21 heavy (non-hydrogen) atoms. The van der Waals surface area contributed by atoms with Gasteiger partial charge in [0.25, 0.3) is 5.91 Å². The molecule has 0 unspecified atom stereocenters. The number of anilines is 1. The van der Waals surface area contributed by atoms with Gasteiger partial charge in [-0.2, -0.15) is 0 Å². The van der Waals surface area contributed by atoms with Crippen molar-refractivity contribution in [3.05, 3.63) is 54.0 Å². The van der Waals surface area contributed by atoms with E-state index < -0.39 is 0 Å². The van der Waals surface area contributed by atoms with E-state index in [0.29, 0.717) is 6.04 Å². The second-order valence-electron chi connectivity index (χ2n) is 5.76. The summed E-state index contributed by atoms with van der Waals surface area (Å²) in [4.78, 5) is 14.9. The minimum absolute atomic E-state index is 0.109. The third-order valence-corrected chi connectivity index (χ3v) is 4.49. The summed E-state index contributed by atoms with van der Waals surface area (Å²) >= 11 is 0. The van der Waals surface area contributed by atoms with Crippen LogP contribution in [0, 0.1) is 0 Å². The number of rotatable bonds is 2. The molecule has 1 N–H and O–H groups in total. The van der Waals surface area contributed by atoms with Gasteiger partial charge in [-0.1, -0.05) is 25.0 Å². The van der Waals surface area contributed by atoms with Crippen LogP contribution in [0.5, 0.6) is 0 Å². The highest BCUT2D eigenvalue weighted by Gasteiger charge is 2.39. The predicted octanol–water partition coefficient (Wildman–Crippen LogP) is 3.79. The minimum atomic E-state index is -0.203. The molecule has 1 aliphatic carbocycles. The number of para-hydroxylation sites is 1. The largest absolute Gasteiger partial charge is 0.465 e. The van der Waals surface area contributed by atoms with Gasteiger partial charge in [0.05, 0.1) is 11.8 Å². The van der Waals surface area contributed by atoms with Crippen molar-refractivity contribution in [1.29, 1.82) is 0 Å². The van der Waals surface area contributed by atoms with E-state index in [1.54, 1.807) is 6.26 Å². The Labute approximate surface area is 123 Å². The first-order valence-electron chi connectivity index (χ1n) is 7.56. The van der Waals surface area contributed by atoms with Gasteiger partial charge in [-0.3, -0.25) is 4.79 Å². The maximum atomic E-state index is 13.0. The van der Waals surface area contributed by atoms with E-state index in [1.807, 2.05) is 41.3 Å². The van der Waals surface area contributed by atoms with Crippen LogP contribution in [0.1, 0.15) is 48.0 Å². The topological polar surface area (TPSA) is 45.5 Å². The van der Waals surface area contributed by atoms with E-state index in [4.69, 9.17) is 4.42 Å². The summed E-state index contributed by atoms with van der Waals surface area (Å²) in [6.45, 7) is 0. The molecule has 1 saturated carbocycles. The van der Waals surface area contributed by atoms with Crippen LogP contribution in [0.3, 0.4) is 0 Å². The molecule has 4 rings (SSSR count). The first-order valence-corrected chi connectivity index (χ1v) is 7.56. The van der Waals surface area contributed by atoms with E-state index in [9.17, 15) is 4.79 Å². The third-order valence-electron chi connectivity index (χ3n) is 4.49. The summed E-state index contributed by atoms with van der Waals surface area (Å²) in [5, 5.41) is 3.47. The predicted molar refractivity (Wildman–Crippen MR) is 79.9 cm³/mol. The molecular weight excluding hydrogens is 264 g/mol. The molecule has 1 aromatic carbocycles. The van der Waals surface area contributed by atoms with Gasteiger partial charge in [0, 0.05) is 11.7 Å². The zero-order chi connectivity index (χ0) is 14.2. The molecule has 4 nitrogen and oxygen atoms in total. The second kappa shape index (κ2) is 4.95. The molecule has 0 radical (unpaired) electrons. The highest BCUT2D eigenvalue weighted by Crippen LogP contribution is 2.38. The number of fused-ring (bicyclic) bond motifs is 1. The van der Waals surface area contributed by atoms with E-state index in [0.717, 1.165) is 29.9 Å². The molecule has 0 bridgehead atoms. The fraction of sp³-hybridized carbons (Fsp3) is 0.353. The fourth-order valence-electron chi connectivity index (χ4n) is 3.48. The summed E-state index contributed by atoms with van der Waals surface area (Å²) in [6, 6.07) is 11.8. The van der Waals surface area contributed by atoms with Crippen molar-refractivity contribution in [2.75, 3.05) is 5.32 Å². The zero-order valence-electron chi connectivity index (χ0n) is 11.8. The molecule has 108 valence electrons. The third kappa shape index (κ3) is 2.02. The number of nitrogens with zero attached hydrogens (tertiary/aromatic N) is 1. The molecule has 1 aliphatic heterocycles. The smallest absolute Gasteiger partial charge is 0.258 e. The average Bonchev–Trinajstić information content (AvgIpc) is 3.20. The minimum Gasteiger partial charge on any atom is -0.465 e. The van der Waals surface area contributed by atoms with Crippen molar-refractivity contribution < 1.29 is 9.21 Å². The molecule has 1 atom stereocenters. The van der Waals surface area contributed by atoms with Gasteiger partial charge in [-0.05, 0) is 37.1 Å². The quantitative estimate of drug-likeness (QED) is 0.911. The summed E-state index contributed by atoms with van der Waals surface area (Å²) < 4.78 is 5.57. The van der Waals surface area contributed by atoms with Gasteiger partial charge < -0.3 is 14.6 Å². The Morgan fingerprint density at radius 3 is 2.67 bits per heavy atom. The summed E-state index contributed by atoms with van der Waals surface area (Å²) in [7, 11) is 0. The van der Waals surface area contributed by atoms with Crippen LogP contribution in [-0.2, 0) is 0 Å². The van der Waals surface area contributed by atoms with Gasteiger partial charge in [-0.25, -0.2) is 0 Å². The molecule has 1 fully saturated rings. The molecule has 1 aromatic heterocycles. The number of benzene rings is 1. The molecule has 2 aliphatic rings. The van der Waals surface area contributed by atoms with Crippen molar-refractivity contribution in [1.82, 2.24) is 4.90 Å². The van der Waals surface area contributed by atoms with Crippen LogP contribution in [0.2, 0.25) is 0 Å². The molecule has 1 amide bonds. The highest BCUT2D eigenvalue weighted by atomic mass is 16.3. The van der Waals surface area contributed by atoms with Crippen molar-refractivity contribution in [3.8, 4) is 0 Å². The van der Waals surface area contributed by atoms with Gasteiger partial charge in [0.15, 0.2) is 6.17 Å². The van der Waals surface area contributed by atoms with Crippen LogP contribution in [0.25, 0.3) is 0 Å². The van der Waals surface area contributed by atoms with Gasteiger partial charge in [0.2, 0.25) is 0 Å². The maximum Gasteiger partial charge on any atom is 0.258 e. The van der Waals surface area contributed by atoms with Gasteiger partial charge >= 0.3 is 0 Å². The maximum absolute atomic E-state index is 13.0. The number of hydrogen-bond acceptors (Lipinski definition) is 3. The van der Waals surface area contributed by atoms with Crippen LogP contribution >= 0.6 is 0 Å². The summed E-state index contributed by atoms with van der Waals surface area (Å²) in [5.41, 5.74) is 1.64. The van der Waals surface area contributed by atoms with E-state index in [2.05, 4.69) is 5.32 Å². The molecular formula is C17H18N2O2. The first-order chi connectivity index (χ1) is 10.3. The average molecular weight is 282 g/mol. The monoisotopic (exact) mass is 282 g/mol. The Bertz CT molecular complexity index is 645. The number of hydrogen-bond donors (Lipinski definition) is 1. The van der Waals surface area contributed by atoms with Crippen LogP contribution < -0.4 is 5.32 Å². The van der Waals surface area contributed by atoms with Crippen molar-refractivity contribution in [3.63, 3.8) is 0 Å². The number of carbonyl (C=O) groups is 1. The number of nitrogens with one attached hydrogen (secondary N) is 1. The van der Waals surface area contributed by atoms with E-state index in [-0.39, 0.29) is 12.1 Å². The lowest BCUT2D eigenvalue weighted by Gasteiger charge is -2.40.